The molecule has 1 unspecified atom stereocenters. The maximum Gasteiger partial charge on any atom is 0.331 e. The van der Waals surface area contributed by atoms with E-state index < -0.39 is 11.5 Å². The van der Waals surface area contributed by atoms with Gasteiger partial charge in [-0.25, -0.2) is 10.2 Å². The van der Waals surface area contributed by atoms with Crippen molar-refractivity contribution in [1.29, 1.82) is 0 Å². The summed E-state index contributed by atoms with van der Waals surface area (Å²) in [4.78, 5) is 25.0. The first-order chi connectivity index (χ1) is 12.8. The Morgan fingerprint density at radius 3 is 2.44 bits per heavy atom. The van der Waals surface area contributed by atoms with Crippen molar-refractivity contribution >= 4 is 24.5 Å². The van der Waals surface area contributed by atoms with Crippen LogP contribution in [0.15, 0.2) is 12.2 Å². The maximum atomic E-state index is 12.9. The first-order valence-corrected chi connectivity index (χ1v) is 10.3. The Balaban J connectivity index is 5.48. The summed E-state index contributed by atoms with van der Waals surface area (Å²) in [7, 11) is 0. The quantitative estimate of drug-likeness (QED) is 0.162. The lowest BCUT2D eigenvalue weighted by Crippen LogP contribution is -2.64. The molecule has 1 amide bonds. The number of rotatable bonds is 15. The van der Waals surface area contributed by atoms with Crippen molar-refractivity contribution in [3.63, 3.8) is 0 Å². The fraction of sp³-hybridized carbons (Fsp3) is 0.789. The summed E-state index contributed by atoms with van der Waals surface area (Å²) >= 11 is 4.13. The van der Waals surface area contributed by atoms with E-state index >= 15 is 0 Å². The minimum atomic E-state index is -1.51. The van der Waals surface area contributed by atoms with E-state index in [1.807, 2.05) is 13.0 Å². The van der Waals surface area contributed by atoms with Crippen LogP contribution in [0, 0.1) is 5.92 Å². The monoisotopic (exact) mass is 403 g/mol. The van der Waals surface area contributed by atoms with Crippen molar-refractivity contribution in [3.8, 4) is 0 Å². The van der Waals surface area contributed by atoms with Gasteiger partial charge >= 0.3 is 5.97 Å². The number of carboxylic acid groups (broad SMARTS) is 1. The van der Waals surface area contributed by atoms with Gasteiger partial charge in [0.25, 0.3) is 0 Å². The molecule has 0 aliphatic heterocycles. The molecule has 0 aliphatic rings. The Morgan fingerprint density at radius 2 is 1.96 bits per heavy atom. The van der Waals surface area contributed by atoms with E-state index in [-0.39, 0.29) is 44.4 Å². The first kappa shape index (κ1) is 25.9. The number of hydrogen-bond acceptors (Lipinski definition) is 6. The van der Waals surface area contributed by atoms with Crippen LogP contribution in [-0.4, -0.2) is 57.6 Å². The number of aliphatic hydroxyl groups excluding tert-OH is 1. The van der Waals surface area contributed by atoms with Crippen LogP contribution in [0.4, 0.5) is 0 Å². The standard InChI is InChI=1S/C19H37N3O4S/c1-4-10-19(11-12-23,18(25)26)22(21-13-16(20)14-27)17(24)9-7-6-8-15(3)5-2/h6-7,15-16,21,23,27H,4-5,8-14,20H2,1-3H3,(H,25,26)/b7-6+/t15-,16?,19+/m0/s1. The summed E-state index contributed by atoms with van der Waals surface area (Å²) in [5, 5.41) is 20.5. The number of amides is 1. The molecule has 0 rings (SSSR count). The number of allylic oxidation sites excluding steroid dienone is 1. The number of nitrogens with zero attached hydrogens (tertiary/aromatic N) is 1. The summed E-state index contributed by atoms with van der Waals surface area (Å²) in [6.45, 7) is 5.98. The van der Waals surface area contributed by atoms with E-state index in [2.05, 4.69) is 31.9 Å². The molecule has 27 heavy (non-hydrogen) atoms. The summed E-state index contributed by atoms with van der Waals surface area (Å²) in [6, 6.07) is -0.327. The van der Waals surface area contributed by atoms with Gasteiger partial charge in [-0.05, 0) is 18.8 Å². The second kappa shape index (κ2) is 14.0. The molecule has 0 aromatic rings. The lowest BCUT2D eigenvalue weighted by atomic mass is 9.89. The van der Waals surface area contributed by atoms with Crippen molar-refractivity contribution in [1.82, 2.24) is 10.4 Å². The topological polar surface area (TPSA) is 116 Å². The van der Waals surface area contributed by atoms with Crippen molar-refractivity contribution in [2.45, 2.75) is 70.9 Å². The highest BCUT2D eigenvalue weighted by Crippen LogP contribution is 2.26. The molecular formula is C19H37N3O4S. The molecule has 0 aliphatic carbocycles. The van der Waals surface area contributed by atoms with Gasteiger partial charge in [0.15, 0.2) is 5.54 Å². The van der Waals surface area contributed by atoms with Gasteiger partial charge in [0, 0.05) is 37.8 Å². The highest BCUT2D eigenvalue weighted by atomic mass is 32.1. The number of nitrogens with two attached hydrogens (primary N) is 1. The Hall–Kier alpha value is -1.09. The number of aliphatic carboxylic acids is 1. The Bertz CT molecular complexity index is 468. The highest BCUT2D eigenvalue weighted by Gasteiger charge is 2.45. The number of nitrogens with one attached hydrogen (secondary N) is 1. The predicted molar refractivity (Wildman–Crippen MR) is 111 cm³/mol. The Labute approximate surface area is 168 Å². The molecule has 8 heteroatoms. The van der Waals surface area contributed by atoms with Crippen molar-refractivity contribution < 1.29 is 19.8 Å². The molecule has 0 spiro atoms. The fourth-order valence-electron chi connectivity index (χ4n) is 2.78. The molecule has 0 bridgehead atoms. The van der Waals surface area contributed by atoms with Crippen LogP contribution >= 0.6 is 12.6 Å². The van der Waals surface area contributed by atoms with Crippen LogP contribution in [0.1, 0.15) is 59.3 Å². The molecule has 0 aromatic carbocycles. The number of hydrazine groups is 1. The zero-order valence-corrected chi connectivity index (χ0v) is 17.8. The summed E-state index contributed by atoms with van der Waals surface area (Å²) in [5.74, 6) is -0.558. The molecule has 5 N–H and O–H groups in total. The minimum Gasteiger partial charge on any atom is -0.479 e. The number of thiol groups is 1. The number of carbonyl (C=O) groups excluding carboxylic acids is 1. The summed E-state index contributed by atoms with van der Waals surface area (Å²) in [5.41, 5.74) is 7.27. The smallest absolute Gasteiger partial charge is 0.331 e. The SMILES string of the molecule is CCC[C@@](CCO)(C(=O)O)N(NCC(N)CS)C(=O)C/C=C/C[C@@H](C)CC. The molecule has 3 atom stereocenters. The van der Waals surface area contributed by atoms with Crippen molar-refractivity contribution in [2.75, 3.05) is 18.9 Å². The van der Waals surface area contributed by atoms with Gasteiger partial charge in [-0.2, -0.15) is 12.6 Å². The van der Waals surface area contributed by atoms with Crippen molar-refractivity contribution in [2.24, 2.45) is 11.7 Å². The van der Waals surface area contributed by atoms with Gasteiger partial charge in [-0.1, -0.05) is 45.8 Å². The fourth-order valence-corrected chi connectivity index (χ4v) is 2.91. The second-order valence-corrected chi connectivity index (χ2v) is 7.38. The lowest BCUT2D eigenvalue weighted by molar-refractivity contribution is -0.165. The van der Waals surface area contributed by atoms with Crippen LogP contribution in [0.5, 0.6) is 0 Å². The predicted octanol–water partition coefficient (Wildman–Crippen LogP) is 1.97. The zero-order chi connectivity index (χ0) is 20.9. The second-order valence-electron chi connectivity index (χ2n) is 7.02. The number of carboxylic acids is 1. The van der Waals surface area contributed by atoms with E-state index in [1.165, 1.54) is 5.01 Å². The molecular weight excluding hydrogens is 366 g/mol. The van der Waals surface area contributed by atoms with Crippen LogP contribution < -0.4 is 11.2 Å². The molecule has 0 aromatic heterocycles. The first-order valence-electron chi connectivity index (χ1n) is 9.71. The zero-order valence-electron chi connectivity index (χ0n) is 16.9. The summed E-state index contributed by atoms with van der Waals surface area (Å²) < 4.78 is 0. The van der Waals surface area contributed by atoms with Crippen molar-refractivity contribution in [3.05, 3.63) is 12.2 Å². The third-order valence-corrected chi connectivity index (χ3v) is 5.17. The van der Waals surface area contributed by atoms with Crippen LogP contribution in [0.2, 0.25) is 0 Å². The largest absolute Gasteiger partial charge is 0.479 e. The van der Waals surface area contributed by atoms with Crippen LogP contribution in [0.25, 0.3) is 0 Å². The van der Waals surface area contributed by atoms with Gasteiger partial charge in [0.05, 0.1) is 0 Å². The van der Waals surface area contributed by atoms with Gasteiger partial charge in [-0.3, -0.25) is 9.80 Å². The van der Waals surface area contributed by atoms with Gasteiger partial charge in [-0.15, -0.1) is 0 Å². The number of aliphatic hydroxyl groups is 1. The number of hydrogen-bond donors (Lipinski definition) is 5. The van der Waals surface area contributed by atoms with Gasteiger partial charge in [0.2, 0.25) is 5.91 Å². The average Bonchev–Trinajstić information content (AvgIpc) is 2.64. The Kier molecular flexibility index (Phi) is 13.4. The average molecular weight is 404 g/mol. The molecule has 0 radical (unpaired) electrons. The van der Waals surface area contributed by atoms with E-state index in [1.54, 1.807) is 6.08 Å². The molecule has 0 saturated carbocycles. The van der Waals surface area contributed by atoms with Gasteiger partial charge in [0.1, 0.15) is 0 Å². The molecule has 0 saturated heterocycles. The van der Waals surface area contributed by atoms with Crippen LogP contribution in [0.3, 0.4) is 0 Å². The molecule has 0 heterocycles. The van der Waals surface area contributed by atoms with E-state index in [0.29, 0.717) is 18.1 Å². The lowest BCUT2D eigenvalue weighted by Gasteiger charge is -2.41. The summed E-state index contributed by atoms with van der Waals surface area (Å²) in [6.07, 6.45) is 6.48. The third-order valence-electron chi connectivity index (χ3n) is 4.71. The van der Waals surface area contributed by atoms with E-state index in [4.69, 9.17) is 5.73 Å². The molecule has 7 nitrogen and oxygen atoms in total. The maximum absolute atomic E-state index is 12.9. The van der Waals surface area contributed by atoms with Gasteiger partial charge < -0.3 is 15.9 Å². The minimum absolute atomic E-state index is 0.0540. The van der Waals surface area contributed by atoms with E-state index in [0.717, 1.165) is 12.8 Å². The molecule has 158 valence electrons. The third kappa shape index (κ3) is 8.64. The normalized spacial score (nSPS) is 16.1. The van der Waals surface area contributed by atoms with Crippen LogP contribution in [-0.2, 0) is 9.59 Å². The molecule has 0 fully saturated rings. The Morgan fingerprint density at radius 1 is 1.30 bits per heavy atom. The highest BCUT2D eigenvalue weighted by molar-refractivity contribution is 7.80. The van der Waals surface area contributed by atoms with E-state index in [9.17, 15) is 19.8 Å². The number of carbonyl (C=O) groups is 2.